The van der Waals surface area contributed by atoms with Gasteiger partial charge < -0.3 is 4.90 Å². The first-order chi connectivity index (χ1) is 12.7. The third-order valence-electron chi connectivity index (χ3n) is 6.18. The molecule has 27 heavy (non-hydrogen) atoms. The van der Waals surface area contributed by atoms with Gasteiger partial charge >= 0.3 is 0 Å². The number of aromatic nitrogens is 2. The predicted octanol–water partition coefficient (Wildman–Crippen LogP) is 4.41. The van der Waals surface area contributed by atoms with Crippen LogP contribution in [-0.4, -0.2) is 32.7 Å². The number of piperidine rings is 1. The van der Waals surface area contributed by atoms with Gasteiger partial charge in [0.05, 0.1) is 5.69 Å². The van der Waals surface area contributed by atoms with Crippen molar-refractivity contribution >= 4 is 5.91 Å². The number of fused-ring (bicyclic) bond motifs is 2. The average molecular weight is 369 g/mol. The monoisotopic (exact) mass is 369 g/mol. The minimum absolute atomic E-state index is 0.0785. The fourth-order valence-corrected chi connectivity index (χ4v) is 4.68. The number of halogens is 1. The van der Waals surface area contributed by atoms with E-state index in [2.05, 4.69) is 30.8 Å². The smallest absolute Gasteiger partial charge is 0.272 e. The second kappa shape index (κ2) is 6.47. The van der Waals surface area contributed by atoms with Crippen molar-refractivity contribution in [3.05, 3.63) is 53.1 Å². The molecule has 0 N–H and O–H groups in total. The molecule has 2 atom stereocenters. The van der Waals surface area contributed by atoms with Gasteiger partial charge in [-0.15, -0.1) is 0 Å². The fourth-order valence-electron chi connectivity index (χ4n) is 4.68. The van der Waals surface area contributed by atoms with Gasteiger partial charge in [0.15, 0.2) is 0 Å². The molecular weight excluding hydrogens is 341 g/mol. The van der Waals surface area contributed by atoms with E-state index in [-0.39, 0.29) is 29.2 Å². The molecule has 0 aliphatic carbocycles. The maximum atomic E-state index is 13.3. The highest BCUT2D eigenvalue weighted by Crippen LogP contribution is 2.43. The van der Waals surface area contributed by atoms with Crippen molar-refractivity contribution in [2.24, 2.45) is 7.05 Å². The van der Waals surface area contributed by atoms with Crippen LogP contribution in [0.25, 0.3) is 0 Å². The van der Waals surface area contributed by atoms with Crippen LogP contribution in [0.1, 0.15) is 74.1 Å². The van der Waals surface area contributed by atoms with E-state index in [0.717, 1.165) is 31.4 Å². The summed E-state index contributed by atoms with van der Waals surface area (Å²) in [6.45, 7) is 6.34. The molecule has 4 nitrogen and oxygen atoms in total. The molecule has 0 unspecified atom stereocenters. The van der Waals surface area contributed by atoms with E-state index in [1.54, 1.807) is 16.8 Å². The fraction of sp³-hybridized carbons (Fsp3) is 0.545. The Balaban J connectivity index is 1.55. The number of hydrogen-bond donors (Lipinski definition) is 0. The van der Waals surface area contributed by atoms with Crippen molar-refractivity contribution in [2.45, 2.75) is 69.9 Å². The zero-order valence-electron chi connectivity index (χ0n) is 16.6. The van der Waals surface area contributed by atoms with Gasteiger partial charge in [-0.25, -0.2) is 4.39 Å². The number of rotatable bonds is 2. The number of nitrogens with zero attached hydrogens (tertiary/aromatic N) is 3. The first-order valence-electron chi connectivity index (χ1n) is 9.86. The van der Waals surface area contributed by atoms with Crippen LogP contribution in [0.3, 0.4) is 0 Å². The van der Waals surface area contributed by atoms with Crippen LogP contribution < -0.4 is 0 Å². The summed E-state index contributed by atoms with van der Waals surface area (Å²) >= 11 is 0. The Labute approximate surface area is 160 Å². The van der Waals surface area contributed by atoms with Crippen molar-refractivity contribution in [1.29, 1.82) is 0 Å². The Morgan fingerprint density at radius 2 is 1.70 bits per heavy atom. The van der Waals surface area contributed by atoms with Crippen LogP contribution in [0.2, 0.25) is 0 Å². The number of aryl methyl sites for hydroxylation is 1. The van der Waals surface area contributed by atoms with Crippen molar-refractivity contribution in [3.8, 4) is 0 Å². The first-order valence-corrected chi connectivity index (χ1v) is 9.86. The van der Waals surface area contributed by atoms with Crippen LogP contribution in [0.5, 0.6) is 0 Å². The number of hydrogen-bond acceptors (Lipinski definition) is 2. The molecule has 1 aromatic carbocycles. The molecule has 0 spiro atoms. The molecule has 0 radical (unpaired) electrons. The summed E-state index contributed by atoms with van der Waals surface area (Å²) in [5.74, 6) is 0.314. The Hall–Kier alpha value is -2.17. The quantitative estimate of drug-likeness (QED) is 0.786. The van der Waals surface area contributed by atoms with Gasteiger partial charge in [0.1, 0.15) is 11.5 Å². The molecule has 0 saturated carbocycles. The highest BCUT2D eigenvalue weighted by Gasteiger charge is 2.44. The highest BCUT2D eigenvalue weighted by atomic mass is 19.1. The van der Waals surface area contributed by atoms with Crippen molar-refractivity contribution in [2.75, 3.05) is 0 Å². The minimum Gasteiger partial charge on any atom is -0.331 e. The number of benzene rings is 1. The second-order valence-electron chi connectivity index (χ2n) is 9.11. The average Bonchev–Trinajstić information content (AvgIpc) is 3.12. The lowest BCUT2D eigenvalue weighted by molar-refractivity contribution is 0.0560. The zero-order chi connectivity index (χ0) is 19.3. The molecule has 2 aromatic rings. The maximum absolute atomic E-state index is 13.3. The molecule has 4 rings (SSSR count). The van der Waals surface area contributed by atoms with E-state index >= 15 is 0 Å². The highest BCUT2D eigenvalue weighted by molar-refractivity contribution is 5.93. The van der Waals surface area contributed by atoms with Crippen LogP contribution in [0.15, 0.2) is 30.3 Å². The van der Waals surface area contributed by atoms with E-state index < -0.39 is 0 Å². The molecule has 144 valence electrons. The van der Waals surface area contributed by atoms with Gasteiger partial charge in [0.25, 0.3) is 5.91 Å². The molecular formula is C22H28FN3O. The molecule has 2 fully saturated rings. The number of carbonyl (C=O) groups excluding carboxylic acids is 1. The SMILES string of the molecule is Cn1nc(C(C)(C)C)cc1C(=O)N1[C@@H]2CC[C@@H]1CC(c1ccc(F)cc1)C2. The summed E-state index contributed by atoms with van der Waals surface area (Å²) in [5, 5.41) is 4.57. The summed E-state index contributed by atoms with van der Waals surface area (Å²) in [7, 11) is 1.86. The van der Waals surface area contributed by atoms with Gasteiger partial charge in [0.2, 0.25) is 0 Å². The molecule has 1 aromatic heterocycles. The summed E-state index contributed by atoms with van der Waals surface area (Å²) < 4.78 is 15.0. The lowest BCUT2D eigenvalue weighted by atomic mass is 9.85. The summed E-state index contributed by atoms with van der Waals surface area (Å²) in [4.78, 5) is 15.4. The predicted molar refractivity (Wildman–Crippen MR) is 103 cm³/mol. The second-order valence-corrected chi connectivity index (χ2v) is 9.11. The molecule has 5 heteroatoms. The van der Waals surface area contributed by atoms with Crippen LogP contribution in [-0.2, 0) is 12.5 Å². The summed E-state index contributed by atoms with van der Waals surface area (Å²) in [5.41, 5.74) is 2.74. The van der Waals surface area contributed by atoms with Crippen LogP contribution >= 0.6 is 0 Å². The Kier molecular flexibility index (Phi) is 4.36. The largest absolute Gasteiger partial charge is 0.331 e. The van der Waals surface area contributed by atoms with Crippen LogP contribution in [0, 0.1) is 5.82 Å². The van der Waals surface area contributed by atoms with Gasteiger partial charge in [0, 0.05) is 24.5 Å². The van der Waals surface area contributed by atoms with E-state index in [1.807, 2.05) is 25.2 Å². The Bertz CT molecular complexity index is 835. The summed E-state index contributed by atoms with van der Waals surface area (Å²) in [6, 6.07) is 9.35. The van der Waals surface area contributed by atoms with E-state index in [9.17, 15) is 9.18 Å². The van der Waals surface area contributed by atoms with Crippen molar-refractivity contribution < 1.29 is 9.18 Å². The van der Waals surface area contributed by atoms with Crippen molar-refractivity contribution in [1.82, 2.24) is 14.7 Å². The van der Waals surface area contributed by atoms with Gasteiger partial charge in [-0.05, 0) is 55.4 Å². The third-order valence-corrected chi connectivity index (χ3v) is 6.18. The lowest BCUT2D eigenvalue weighted by Gasteiger charge is -2.39. The summed E-state index contributed by atoms with van der Waals surface area (Å²) in [6.07, 6.45) is 4.02. The minimum atomic E-state index is -0.194. The maximum Gasteiger partial charge on any atom is 0.272 e. The Morgan fingerprint density at radius 3 is 2.22 bits per heavy atom. The lowest BCUT2D eigenvalue weighted by Crippen LogP contribution is -2.46. The molecule has 3 heterocycles. The normalized spacial score (nSPS) is 25.1. The van der Waals surface area contributed by atoms with Gasteiger partial charge in [-0.3, -0.25) is 9.48 Å². The number of amides is 1. The van der Waals surface area contributed by atoms with Gasteiger partial charge in [-0.1, -0.05) is 32.9 Å². The van der Waals surface area contributed by atoms with E-state index in [4.69, 9.17) is 0 Å². The molecule has 1 amide bonds. The zero-order valence-corrected chi connectivity index (χ0v) is 16.6. The van der Waals surface area contributed by atoms with E-state index in [0.29, 0.717) is 11.6 Å². The van der Waals surface area contributed by atoms with Gasteiger partial charge in [-0.2, -0.15) is 5.10 Å². The van der Waals surface area contributed by atoms with Crippen molar-refractivity contribution in [3.63, 3.8) is 0 Å². The third kappa shape index (κ3) is 3.28. The first kappa shape index (κ1) is 18.2. The standard InChI is InChI=1S/C22H28FN3O/c1-22(2,3)20-13-19(25(4)24-20)21(27)26-17-9-10-18(26)12-15(11-17)14-5-7-16(23)8-6-14/h5-8,13,15,17-18H,9-12H2,1-4H3/t17-,18-/m1/s1. The molecule has 2 aliphatic rings. The molecule has 2 bridgehead atoms. The Morgan fingerprint density at radius 1 is 1.11 bits per heavy atom. The topological polar surface area (TPSA) is 38.1 Å². The molecule has 2 aliphatic heterocycles. The molecule has 2 saturated heterocycles. The van der Waals surface area contributed by atoms with E-state index in [1.165, 1.54) is 5.56 Å². The number of carbonyl (C=O) groups is 1. The van der Waals surface area contributed by atoms with Crippen LogP contribution in [0.4, 0.5) is 4.39 Å².